The summed E-state index contributed by atoms with van der Waals surface area (Å²) in [6, 6.07) is 6.14. The molecular formula is C16H11N3O6. The van der Waals surface area contributed by atoms with Crippen molar-refractivity contribution in [3.8, 4) is 17.0 Å². The fourth-order valence-electron chi connectivity index (χ4n) is 2.49. The molecule has 2 aromatic heterocycles. The lowest BCUT2D eigenvalue weighted by Crippen LogP contribution is -2.13. The molecule has 9 nitrogen and oxygen atoms in total. The van der Waals surface area contributed by atoms with Crippen molar-refractivity contribution < 1.29 is 19.2 Å². The molecule has 1 amide bonds. The van der Waals surface area contributed by atoms with Crippen molar-refractivity contribution in [2.24, 2.45) is 5.73 Å². The molecule has 3 aromatic rings. The summed E-state index contributed by atoms with van der Waals surface area (Å²) >= 11 is 0. The Morgan fingerprint density at radius 3 is 2.64 bits per heavy atom. The number of carbonyl (C=O) groups is 1. The summed E-state index contributed by atoms with van der Waals surface area (Å²) < 4.78 is 4.95. The molecule has 3 N–H and O–H groups in total. The average Bonchev–Trinajstić information content (AvgIpc) is 2.52. The Hall–Kier alpha value is -3.75. The van der Waals surface area contributed by atoms with Crippen LogP contribution in [0, 0.1) is 17.0 Å². The number of nitrogens with two attached hydrogens (primary N) is 1. The van der Waals surface area contributed by atoms with E-state index in [0.717, 1.165) is 0 Å². The fraction of sp³-hybridized carbons (Fsp3) is 0.0625. The van der Waals surface area contributed by atoms with E-state index in [4.69, 9.17) is 10.2 Å². The Morgan fingerprint density at radius 1 is 1.32 bits per heavy atom. The molecule has 0 aliphatic rings. The average molecular weight is 341 g/mol. The summed E-state index contributed by atoms with van der Waals surface area (Å²) in [5, 5.41) is 21.1. The summed E-state index contributed by atoms with van der Waals surface area (Å²) in [6.45, 7) is 1.49. The summed E-state index contributed by atoms with van der Waals surface area (Å²) in [5.74, 6) is -1.01. The number of benzene rings is 1. The molecule has 0 saturated carbocycles. The van der Waals surface area contributed by atoms with Gasteiger partial charge >= 0.3 is 5.63 Å². The largest absolute Gasteiger partial charge is 0.507 e. The minimum atomic E-state index is -0.856. The SMILES string of the molecule is Cc1cc(O)c(-c2cc(C(N)=O)c3cc([N+](=O)[O-])ccc3n2)c(=O)o1. The monoisotopic (exact) mass is 341 g/mol. The quantitative estimate of drug-likeness (QED) is 0.545. The molecule has 0 unspecified atom stereocenters. The predicted molar refractivity (Wildman–Crippen MR) is 87.3 cm³/mol. The molecule has 0 aliphatic heterocycles. The van der Waals surface area contributed by atoms with Crippen LogP contribution >= 0.6 is 0 Å². The maximum Gasteiger partial charge on any atom is 0.349 e. The van der Waals surface area contributed by atoms with Gasteiger partial charge < -0.3 is 15.3 Å². The molecule has 1 aromatic carbocycles. The second-order valence-corrected chi connectivity index (χ2v) is 5.28. The van der Waals surface area contributed by atoms with Crippen molar-refractivity contribution >= 4 is 22.5 Å². The van der Waals surface area contributed by atoms with Crippen molar-refractivity contribution in [3.05, 3.63) is 62.2 Å². The van der Waals surface area contributed by atoms with Gasteiger partial charge in [0, 0.05) is 23.6 Å². The van der Waals surface area contributed by atoms with E-state index in [9.17, 15) is 24.8 Å². The van der Waals surface area contributed by atoms with Crippen LogP contribution in [-0.4, -0.2) is 20.9 Å². The first-order valence-electron chi connectivity index (χ1n) is 7.01. The van der Waals surface area contributed by atoms with Crippen molar-refractivity contribution in [1.29, 1.82) is 0 Å². The van der Waals surface area contributed by atoms with E-state index in [1.165, 1.54) is 37.3 Å². The van der Waals surface area contributed by atoms with Crippen LogP contribution in [0.3, 0.4) is 0 Å². The smallest absolute Gasteiger partial charge is 0.349 e. The van der Waals surface area contributed by atoms with Crippen LogP contribution in [-0.2, 0) is 0 Å². The van der Waals surface area contributed by atoms with E-state index >= 15 is 0 Å². The van der Waals surface area contributed by atoms with Gasteiger partial charge in [0.15, 0.2) is 0 Å². The molecule has 0 saturated heterocycles. The maximum atomic E-state index is 12.0. The molecule has 0 atom stereocenters. The number of rotatable bonds is 3. The summed E-state index contributed by atoms with van der Waals surface area (Å²) in [7, 11) is 0. The summed E-state index contributed by atoms with van der Waals surface area (Å²) in [4.78, 5) is 38.3. The van der Waals surface area contributed by atoms with Crippen molar-refractivity contribution in [2.45, 2.75) is 6.92 Å². The number of carbonyl (C=O) groups excluding carboxylic acids is 1. The third-order valence-corrected chi connectivity index (χ3v) is 3.58. The third kappa shape index (κ3) is 2.78. The molecule has 3 rings (SSSR count). The highest BCUT2D eigenvalue weighted by atomic mass is 16.6. The molecule has 0 aliphatic carbocycles. The van der Waals surface area contributed by atoms with Gasteiger partial charge in [-0.05, 0) is 19.1 Å². The van der Waals surface area contributed by atoms with Crippen molar-refractivity contribution in [2.75, 3.05) is 0 Å². The molecule has 0 spiro atoms. The molecule has 2 heterocycles. The fourth-order valence-corrected chi connectivity index (χ4v) is 2.49. The molecule has 0 bridgehead atoms. The van der Waals surface area contributed by atoms with E-state index in [2.05, 4.69) is 4.98 Å². The zero-order chi connectivity index (χ0) is 18.3. The Labute approximate surface area is 139 Å². The number of non-ortho nitro benzene ring substituents is 1. The summed E-state index contributed by atoms with van der Waals surface area (Å²) in [5.41, 5.74) is 4.17. The molecular weight excluding hydrogens is 330 g/mol. The van der Waals surface area contributed by atoms with Crippen LogP contribution in [0.5, 0.6) is 5.75 Å². The van der Waals surface area contributed by atoms with Crippen LogP contribution in [0.25, 0.3) is 22.2 Å². The van der Waals surface area contributed by atoms with Gasteiger partial charge in [0.1, 0.15) is 17.1 Å². The highest BCUT2D eigenvalue weighted by Crippen LogP contribution is 2.30. The van der Waals surface area contributed by atoms with Gasteiger partial charge in [0.05, 0.1) is 21.7 Å². The highest BCUT2D eigenvalue weighted by molar-refractivity contribution is 6.07. The Bertz CT molecular complexity index is 1100. The number of pyridine rings is 1. The third-order valence-electron chi connectivity index (χ3n) is 3.58. The lowest BCUT2D eigenvalue weighted by atomic mass is 10.0. The number of nitrogens with zero attached hydrogens (tertiary/aromatic N) is 2. The standard InChI is InChI=1S/C16H11N3O6/c1-7-4-13(20)14(16(22)25-7)12-6-10(15(17)21)9-5-8(19(23)24)2-3-11(9)18-12/h2-6,20H,1H3,(H2,17,21). The van der Waals surface area contributed by atoms with Crippen molar-refractivity contribution in [1.82, 2.24) is 4.98 Å². The van der Waals surface area contributed by atoms with Gasteiger partial charge in [-0.1, -0.05) is 0 Å². The number of aryl methyl sites for hydroxylation is 1. The zero-order valence-electron chi connectivity index (χ0n) is 12.8. The number of hydrogen-bond donors (Lipinski definition) is 2. The zero-order valence-corrected chi connectivity index (χ0v) is 12.8. The first-order chi connectivity index (χ1) is 11.8. The lowest BCUT2D eigenvalue weighted by molar-refractivity contribution is -0.384. The van der Waals surface area contributed by atoms with E-state index < -0.39 is 16.5 Å². The van der Waals surface area contributed by atoms with Gasteiger partial charge in [0.2, 0.25) is 5.91 Å². The molecule has 0 fully saturated rings. The van der Waals surface area contributed by atoms with Gasteiger partial charge in [-0.3, -0.25) is 14.9 Å². The predicted octanol–water partition coefficient (Wildman–Crippen LogP) is 1.88. The second kappa shape index (κ2) is 5.71. The number of hydrogen-bond acceptors (Lipinski definition) is 7. The molecule has 0 radical (unpaired) electrons. The van der Waals surface area contributed by atoms with Crippen LogP contribution in [0.15, 0.2) is 39.5 Å². The van der Waals surface area contributed by atoms with Crippen LogP contribution < -0.4 is 11.4 Å². The first-order valence-corrected chi connectivity index (χ1v) is 7.01. The van der Waals surface area contributed by atoms with E-state index in [0.29, 0.717) is 0 Å². The van der Waals surface area contributed by atoms with Gasteiger partial charge in [-0.25, -0.2) is 9.78 Å². The molecule has 9 heteroatoms. The Kier molecular flexibility index (Phi) is 3.68. The first kappa shape index (κ1) is 16.1. The highest BCUT2D eigenvalue weighted by Gasteiger charge is 2.19. The number of nitro groups is 1. The lowest BCUT2D eigenvalue weighted by Gasteiger charge is -2.08. The minimum Gasteiger partial charge on any atom is -0.507 e. The Balaban J connectivity index is 2.36. The number of amides is 1. The van der Waals surface area contributed by atoms with E-state index in [1.807, 2.05) is 0 Å². The minimum absolute atomic E-state index is 0.0265. The number of nitro benzene ring substituents is 1. The van der Waals surface area contributed by atoms with Crippen LogP contribution in [0.4, 0.5) is 5.69 Å². The number of fused-ring (bicyclic) bond motifs is 1. The molecule has 126 valence electrons. The van der Waals surface area contributed by atoms with Crippen LogP contribution in [0.1, 0.15) is 16.1 Å². The van der Waals surface area contributed by atoms with E-state index in [1.54, 1.807) is 0 Å². The topological polar surface area (TPSA) is 150 Å². The number of aromatic hydroxyl groups is 1. The summed E-state index contributed by atoms with van der Waals surface area (Å²) in [6.07, 6.45) is 0. The normalized spacial score (nSPS) is 10.8. The number of primary amides is 1. The Morgan fingerprint density at radius 2 is 2.04 bits per heavy atom. The van der Waals surface area contributed by atoms with E-state index in [-0.39, 0.29) is 44.9 Å². The second-order valence-electron chi connectivity index (χ2n) is 5.28. The maximum absolute atomic E-state index is 12.0. The van der Waals surface area contributed by atoms with Gasteiger partial charge in [-0.15, -0.1) is 0 Å². The van der Waals surface area contributed by atoms with Gasteiger partial charge in [0.25, 0.3) is 5.69 Å². The van der Waals surface area contributed by atoms with Crippen molar-refractivity contribution in [3.63, 3.8) is 0 Å². The van der Waals surface area contributed by atoms with Gasteiger partial charge in [-0.2, -0.15) is 0 Å². The molecule has 25 heavy (non-hydrogen) atoms. The number of aromatic nitrogens is 1. The van der Waals surface area contributed by atoms with Crippen LogP contribution in [0.2, 0.25) is 0 Å².